The number of benzene rings is 2. The Morgan fingerprint density at radius 1 is 1.02 bits per heavy atom. The molecule has 2 amide bonds. The molecule has 6 rings (SSSR count). The van der Waals surface area contributed by atoms with Crippen LogP contribution in [0.15, 0.2) is 54.7 Å². The number of carbonyl (C=O) groups excluding carboxylic acids is 2. The highest BCUT2D eigenvalue weighted by Gasteiger charge is 2.26. The number of ether oxygens (including phenoxy) is 1. The Morgan fingerprint density at radius 2 is 1.77 bits per heavy atom. The molecule has 11 heteroatoms. The zero-order valence-corrected chi connectivity index (χ0v) is 28.2. The quantitative estimate of drug-likeness (QED) is 0.205. The second-order valence-corrected chi connectivity index (χ2v) is 13.2. The van der Waals surface area contributed by atoms with Gasteiger partial charge in [0.15, 0.2) is 0 Å². The summed E-state index contributed by atoms with van der Waals surface area (Å²) in [5.41, 5.74) is 5.88. The van der Waals surface area contributed by atoms with Crippen molar-refractivity contribution in [2.45, 2.75) is 52.1 Å². The second kappa shape index (κ2) is 14.8. The maximum atomic E-state index is 12.9. The molecule has 2 aliphatic rings. The average Bonchev–Trinajstić information content (AvgIpc) is 3.41. The van der Waals surface area contributed by atoms with Gasteiger partial charge in [-0.2, -0.15) is 5.10 Å². The fourth-order valence-electron chi connectivity index (χ4n) is 6.93. The van der Waals surface area contributed by atoms with Crippen LogP contribution < -0.4 is 15.1 Å². The Balaban J connectivity index is 1.10. The molecule has 0 bridgehead atoms. The Morgan fingerprint density at radius 3 is 2.51 bits per heavy atom. The van der Waals surface area contributed by atoms with Crippen LogP contribution >= 0.6 is 11.6 Å². The van der Waals surface area contributed by atoms with Gasteiger partial charge in [-0.1, -0.05) is 23.7 Å². The number of fused-ring (bicyclic) bond motifs is 1. The first kappa shape index (κ1) is 32.9. The highest BCUT2D eigenvalue weighted by molar-refractivity contribution is 6.30. The number of aryl methyl sites for hydroxylation is 2. The zero-order valence-electron chi connectivity index (χ0n) is 27.5. The minimum atomic E-state index is -0.116. The predicted octanol–water partition coefficient (Wildman–Crippen LogP) is 5.75. The first-order valence-corrected chi connectivity index (χ1v) is 16.9. The number of morpholine rings is 1. The average molecular weight is 658 g/mol. The number of rotatable bonds is 11. The van der Waals surface area contributed by atoms with E-state index >= 15 is 0 Å². The van der Waals surface area contributed by atoms with E-state index in [0.717, 1.165) is 112 Å². The summed E-state index contributed by atoms with van der Waals surface area (Å²) in [5, 5.41) is 9.54. The third-order valence-electron chi connectivity index (χ3n) is 9.60. The molecule has 248 valence electrons. The molecule has 47 heavy (non-hydrogen) atoms. The first-order valence-electron chi connectivity index (χ1n) is 16.6. The summed E-state index contributed by atoms with van der Waals surface area (Å²) in [7, 11) is 2.09. The Labute approximate surface area is 281 Å². The molecular formula is C36H44ClN7O3. The smallest absolute Gasteiger partial charge is 0.253 e. The predicted molar refractivity (Wildman–Crippen MR) is 187 cm³/mol. The van der Waals surface area contributed by atoms with Crippen LogP contribution in [0.4, 0.5) is 17.1 Å². The molecular weight excluding hydrogens is 614 g/mol. The number of nitrogens with zero attached hydrogens (tertiary/aromatic N) is 6. The van der Waals surface area contributed by atoms with Crippen molar-refractivity contribution in [1.82, 2.24) is 25.0 Å². The lowest BCUT2D eigenvalue weighted by Crippen LogP contribution is -2.39. The van der Waals surface area contributed by atoms with E-state index < -0.39 is 0 Å². The van der Waals surface area contributed by atoms with E-state index in [1.807, 2.05) is 38.1 Å². The number of aromatic nitrogens is 3. The number of hydrogen-bond acceptors (Lipinski definition) is 7. The third kappa shape index (κ3) is 7.61. The molecule has 4 aromatic rings. The summed E-state index contributed by atoms with van der Waals surface area (Å²) in [4.78, 5) is 36.2. The molecule has 1 N–H and O–H groups in total. The van der Waals surface area contributed by atoms with Crippen LogP contribution in [-0.4, -0.2) is 84.5 Å². The van der Waals surface area contributed by atoms with Gasteiger partial charge in [0.25, 0.3) is 5.91 Å². The fraction of sp³-hybridized carbons (Fsp3) is 0.444. The van der Waals surface area contributed by atoms with Crippen LogP contribution in [0, 0.1) is 19.8 Å². The summed E-state index contributed by atoms with van der Waals surface area (Å²) in [6.45, 7) is 9.91. The number of amides is 2. The molecule has 1 saturated heterocycles. The zero-order chi connectivity index (χ0) is 32.9. The van der Waals surface area contributed by atoms with Gasteiger partial charge >= 0.3 is 0 Å². The normalized spacial score (nSPS) is 18.6. The first-order chi connectivity index (χ1) is 22.8. The summed E-state index contributed by atoms with van der Waals surface area (Å²) in [5.74, 6) is 0.359. The molecule has 0 radical (unpaired) electrons. The number of nitrogens with one attached hydrogen (secondary N) is 1. The molecule has 1 saturated carbocycles. The van der Waals surface area contributed by atoms with E-state index in [1.165, 1.54) is 0 Å². The summed E-state index contributed by atoms with van der Waals surface area (Å²) in [6.07, 6.45) is 6.31. The van der Waals surface area contributed by atoms with E-state index in [2.05, 4.69) is 50.0 Å². The third-order valence-corrected chi connectivity index (χ3v) is 9.81. The minimum Gasteiger partial charge on any atom is -0.379 e. The molecule has 0 atom stereocenters. The van der Waals surface area contributed by atoms with Gasteiger partial charge in [-0.3, -0.25) is 29.1 Å². The van der Waals surface area contributed by atoms with Crippen molar-refractivity contribution in [1.29, 1.82) is 0 Å². The van der Waals surface area contributed by atoms with E-state index in [-0.39, 0.29) is 11.9 Å². The molecule has 1 aliphatic carbocycles. The van der Waals surface area contributed by atoms with Crippen molar-refractivity contribution < 1.29 is 14.3 Å². The molecule has 0 unspecified atom stereocenters. The van der Waals surface area contributed by atoms with Crippen LogP contribution in [0.3, 0.4) is 0 Å². The number of pyridine rings is 1. The minimum absolute atomic E-state index is 0.116. The van der Waals surface area contributed by atoms with Crippen LogP contribution in [0.25, 0.3) is 10.9 Å². The van der Waals surface area contributed by atoms with Crippen LogP contribution in [-0.2, 0) is 16.1 Å². The Kier molecular flexibility index (Phi) is 10.4. The van der Waals surface area contributed by atoms with E-state index in [9.17, 15) is 9.59 Å². The molecule has 2 aromatic heterocycles. The fourth-order valence-corrected chi connectivity index (χ4v) is 7.09. The summed E-state index contributed by atoms with van der Waals surface area (Å²) < 4.78 is 7.56. The van der Waals surface area contributed by atoms with Crippen LogP contribution in [0.2, 0.25) is 5.02 Å². The number of hydrogen-bond donors (Lipinski definition) is 1. The Bertz CT molecular complexity index is 1710. The molecule has 2 fully saturated rings. The van der Waals surface area contributed by atoms with Gasteiger partial charge in [-0.15, -0.1) is 0 Å². The standard InChI is InChI=1S/C36H44ClN7O3/c1-25-32(20-28(37)22-38-25)36(46)39-29-10-8-27(9-11-29)23-41(3)34-6-4-5-7-35(34)43(24-45)30-12-13-33-31(21-30)26(2)40-44(33)15-14-42-16-18-47-19-17-42/h4-7,12-13,20-22,24,27,29H,8-11,14-19,23H2,1-3H3,(H,39,46). The van der Waals surface area contributed by atoms with Gasteiger partial charge in [0.05, 0.1) is 58.6 Å². The molecule has 2 aromatic carbocycles. The van der Waals surface area contributed by atoms with Crippen molar-refractivity contribution in [3.05, 3.63) is 76.7 Å². The van der Waals surface area contributed by atoms with Gasteiger partial charge in [-0.25, -0.2) is 0 Å². The summed E-state index contributed by atoms with van der Waals surface area (Å²) in [6, 6.07) is 16.0. The van der Waals surface area contributed by atoms with Crippen molar-refractivity contribution in [3.63, 3.8) is 0 Å². The van der Waals surface area contributed by atoms with Gasteiger partial charge in [-0.05, 0) is 81.8 Å². The lowest BCUT2D eigenvalue weighted by molar-refractivity contribution is -0.106. The molecule has 3 heterocycles. The summed E-state index contributed by atoms with van der Waals surface area (Å²) >= 11 is 6.08. The van der Waals surface area contributed by atoms with Crippen molar-refractivity contribution in [2.75, 3.05) is 56.2 Å². The van der Waals surface area contributed by atoms with Gasteiger partial charge in [0, 0.05) is 56.5 Å². The van der Waals surface area contributed by atoms with Gasteiger partial charge in [0.2, 0.25) is 6.41 Å². The van der Waals surface area contributed by atoms with E-state index in [0.29, 0.717) is 22.2 Å². The highest BCUT2D eigenvalue weighted by atomic mass is 35.5. The molecule has 0 spiro atoms. The van der Waals surface area contributed by atoms with E-state index in [4.69, 9.17) is 21.4 Å². The van der Waals surface area contributed by atoms with Crippen LogP contribution in [0.5, 0.6) is 0 Å². The molecule has 10 nitrogen and oxygen atoms in total. The monoisotopic (exact) mass is 657 g/mol. The van der Waals surface area contributed by atoms with E-state index in [1.54, 1.807) is 17.2 Å². The second-order valence-electron chi connectivity index (χ2n) is 12.8. The topological polar surface area (TPSA) is 95.8 Å². The van der Waals surface area contributed by atoms with Crippen molar-refractivity contribution in [2.24, 2.45) is 5.92 Å². The Hall–Kier alpha value is -3.99. The molecule has 1 aliphatic heterocycles. The highest BCUT2D eigenvalue weighted by Crippen LogP contribution is 2.36. The maximum Gasteiger partial charge on any atom is 0.253 e. The maximum absolute atomic E-state index is 12.9. The largest absolute Gasteiger partial charge is 0.379 e. The lowest BCUT2D eigenvalue weighted by Gasteiger charge is -2.34. The number of carbonyl (C=O) groups is 2. The van der Waals surface area contributed by atoms with Gasteiger partial charge in [0.1, 0.15) is 0 Å². The SMILES string of the molecule is Cc1ncc(Cl)cc1C(=O)NC1CCC(CN(C)c2ccccc2N(C=O)c2ccc3c(c2)c(C)nn3CCN2CCOCC2)CC1. The number of anilines is 3. The van der Waals surface area contributed by atoms with Gasteiger partial charge < -0.3 is 15.0 Å². The van der Waals surface area contributed by atoms with Crippen LogP contribution in [0.1, 0.15) is 47.4 Å². The van der Waals surface area contributed by atoms with Crippen molar-refractivity contribution >= 4 is 51.9 Å². The van der Waals surface area contributed by atoms with Crippen molar-refractivity contribution in [3.8, 4) is 0 Å². The number of halogens is 1. The number of para-hydroxylation sites is 2. The lowest BCUT2D eigenvalue weighted by atomic mass is 9.85.